The van der Waals surface area contributed by atoms with Crippen molar-refractivity contribution in [3.05, 3.63) is 46.5 Å². The largest absolute Gasteiger partial charge is 0.339 e. The van der Waals surface area contributed by atoms with Gasteiger partial charge in [-0.05, 0) is 25.0 Å². The summed E-state index contributed by atoms with van der Waals surface area (Å²) in [6.45, 7) is 3.84. The van der Waals surface area contributed by atoms with Gasteiger partial charge in [0, 0.05) is 43.5 Å². The van der Waals surface area contributed by atoms with Crippen molar-refractivity contribution in [2.75, 3.05) is 31.5 Å². The summed E-state index contributed by atoms with van der Waals surface area (Å²) in [7, 11) is 0. The maximum absolute atomic E-state index is 13.0. The van der Waals surface area contributed by atoms with Crippen molar-refractivity contribution in [3.63, 3.8) is 0 Å². The third-order valence-corrected chi connectivity index (χ3v) is 6.36. The highest BCUT2D eigenvalue weighted by Gasteiger charge is 2.36. The van der Waals surface area contributed by atoms with E-state index in [4.69, 9.17) is 0 Å². The first-order valence-corrected chi connectivity index (χ1v) is 10.2. The molecular weight excluding hydrogens is 376 g/mol. The molecule has 8 heteroatoms. The van der Waals surface area contributed by atoms with Crippen LogP contribution in [0.15, 0.2) is 30.3 Å². The van der Waals surface area contributed by atoms with Crippen LogP contribution >= 0.6 is 11.3 Å². The molecule has 2 heterocycles. The molecule has 2 aliphatic rings. The molecule has 0 saturated carbocycles. The molecule has 3 amide bonds. The summed E-state index contributed by atoms with van der Waals surface area (Å²) in [6.07, 6.45) is 1.56. The number of rotatable bonds is 3. The zero-order chi connectivity index (χ0) is 19.7. The van der Waals surface area contributed by atoms with Crippen LogP contribution in [-0.4, -0.2) is 58.7 Å². The summed E-state index contributed by atoms with van der Waals surface area (Å²) in [6, 6.07) is 9.00. The fraction of sp³-hybridized carbons (Fsp3) is 0.400. The third kappa shape index (κ3) is 3.64. The van der Waals surface area contributed by atoms with Crippen LogP contribution in [0.1, 0.15) is 40.2 Å². The van der Waals surface area contributed by atoms with Crippen molar-refractivity contribution >= 4 is 34.2 Å². The van der Waals surface area contributed by atoms with Crippen molar-refractivity contribution in [1.82, 2.24) is 14.8 Å². The average Bonchev–Trinajstić information content (AvgIpc) is 3.28. The van der Waals surface area contributed by atoms with Gasteiger partial charge in [0.2, 0.25) is 11.8 Å². The number of thiazole rings is 1. The minimum absolute atomic E-state index is 0.0496. The summed E-state index contributed by atoms with van der Waals surface area (Å²) in [5.74, 6) is -0.324. The van der Waals surface area contributed by atoms with E-state index in [1.807, 2.05) is 23.1 Å². The predicted molar refractivity (Wildman–Crippen MR) is 106 cm³/mol. The summed E-state index contributed by atoms with van der Waals surface area (Å²) in [4.78, 5) is 46.0. The Morgan fingerprint density at radius 2 is 1.75 bits per heavy atom. The summed E-state index contributed by atoms with van der Waals surface area (Å²) < 4.78 is 0. The fourth-order valence-corrected chi connectivity index (χ4v) is 4.78. The van der Waals surface area contributed by atoms with Gasteiger partial charge in [0.1, 0.15) is 0 Å². The number of anilines is 1. The number of benzene rings is 1. The Morgan fingerprint density at radius 3 is 2.43 bits per heavy atom. The average molecular weight is 398 g/mol. The predicted octanol–water partition coefficient (Wildman–Crippen LogP) is 2.12. The molecule has 7 nitrogen and oxygen atoms in total. The topological polar surface area (TPSA) is 82.6 Å². The van der Waals surface area contributed by atoms with E-state index in [1.165, 1.54) is 11.3 Å². The monoisotopic (exact) mass is 398 g/mol. The van der Waals surface area contributed by atoms with Crippen LogP contribution in [0.2, 0.25) is 0 Å². The minimum Gasteiger partial charge on any atom is -0.339 e. The van der Waals surface area contributed by atoms with Gasteiger partial charge in [0.05, 0.1) is 11.6 Å². The van der Waals surface area contributed by atoms with Gasteiger partial charge in [-0.15, -0.1) is 11.3 Å². The number of hydrogen-bond acceptors (Lipinski definition) is 5. The number of aromatic nitrogens is 1. The number of nitrogens with zero attached hydrogens (tertiary/aromatic N) is 3. The second-order valence-corrected chi connectivity index (χ2v) is 8.15. The van der Waals surface area contributed by atoms with Gasteiger partial charge in [0.25, 0.3) is 5.91 Å². The number of fused-ring (bicyclic) bond motifs is 1. The van der Waals surface area contributed by atoms with Crippen molar-refractivity contribution in [1.29, 1.82) is 0 Å². The van der Waals surface area contributed by atoms with Gasteiger partial charge < -0.3 is 9.80 Å². The van der Waals surface area contributed by atoms with E-state index < -0.39 is 0 Å². The van der Waals surface area contributed by atoms with Gasteiger partial charge in [-0.1, -0.05) is 18.2 Å². The number of nitrogens with one attached hydrogen (secondary N) is 1. The van der Waals surface area contributed by atoms with Gasteiger partial charge in [-0.25, -0.2) is 4.98 Å². The second kappa shape index (κ2) is 7.71. The second-order valence-electron chi connectivity index (χ2n) is 7.07. The van der Waals surface area contributed by atoms with Crippen LogP contribution < -0.4 is 5.32 Å². The van der Waals surface area contributed by atoms with E-state index in [0.717, 1.165) is 23.4 Å². The number of carbonyl (C=O) groups is 3. The van der Waals surface area contributed by atoms with E-state index in [9.17, 15) is 14.4 Å². The Kier molecular flexibility index (Phi) is 5.13. The maximum Gasteiger partial charge on any atom is 0.257 e. The first-order valence-electron chi connectivity index (χ1n) is 9.43. The standard InChI is InChI=1S/C20H22N4O3S/c1-13(25)23-9-11-24(12-10-23)19(27)15-7-8-16-17(15)21-20(28-16)22-18(26)14-5-3-2-4-6-14/h2-6,15H,7-12H2,1H3,(H,21,22,26). The van der Waals surface area contributed by atoms with Crippen molar-refractivity contribution in [3.8, 4) is 0 Å². The van der Waals surface area contributed by atoms with Crippen LogP contribution in [0.5, 0.6) is 0 Å². The quantitative estimate of drug-likeness (QED) is 0.859. The van der Waals surface area contributed by atoms with E-state index in [1.54, 1.807) is 24.0 Å². The highest BCUT2D eigenvalue weighted by atomic mass is 32.1. The minimum atomic E-state index is -0.252. The van der Waals surface area contributed by atoms with E-state index in [0.29, 0.717) is 36.9 Å². The Morgan fingerprint density at radius 1 is 1.07 bits per heavy atom. The lowest BCUT2D eigenvalue weighted by Crippen LogP contribution is -2.51. The van der Waals surface area contributed by atoms with Crippen LogP contribution in [0.4, 0.5) is 5.13 Å². The Labute approximate surface area is 167 Å². The Hall–Kier alpha value is -2.74. The first kappa shape index (κ1) is 18.6. The molecule has 0 spiro atoms. The molecule has 1 aromatic heterocycles. The van der Waals surface area contributed by atoms with Crippen LogP contribution in [0.25, 0.3) is 0 Å². The lowest BCUT2D eigenvalue weighted by atomic mass is 10.1. The molecule has 1 aliphatic heterocycles. The summed E-state index contributed by atoms with van der Waals surface area (Å²) in [5.41, 5.74) is 1.38. The number of aryl methyl sites for hydroxylation is 1. The summed E-state index contributed by atoms with van der Waals surface area (Å²) in [5, 5.41) is 3.38. The fourth-order valence-electron chi connectivity index (χ4n) is 3.74. The summed E-state index contributed by atoms with van der Waals surface area (Å²) >= 11 is 1.45. The molecule has 0 radical (unpaired) electrons. The molecule has 28 heavy (non-hydrogen) atoms. The van der Waals surface area contributed by atoms with Crippen molar-refractivity contribution in [2.24, 2.45) is 0 Å². The smallest absolute Gasteiger partial charge is 0.257 e. The van der Waals surface area contributed by atoms with Gasteiger partial charge in [-0.2, -0.15) is 0 Å². The molecule has 2 aromatic rings. The molecule has 1 atom stereocenters. The molecule has 1 N–H and O–H groups in total. The zero-order valence-electron chi connectivity index (χ0n) is 15.7. The maximum atomic E-state index is 13.0. The van der Waals surface area contributed by atoms with Gasteiger partial charge >= 0.3 is 0 Å². The van der Waals surface area contributed by atoms with Crippen molar-refractivity contribution < 1.29 is 14.4 Å². The number of amides is 3. The van der Waals surface area contributed by atoms with E-state index >= 15 is 0 Å². The zero-order valence-corrected chi connectivity index (χ0v) is 16.5. The lowest BCUT2D eigenvalue weighted by Gasteiger charge is -2.35. The molecular formula is C20H22N4O3S. The van der Waals surface area contributed by atoms with Crippen LogP contribution in [0, 0.1) is 0 Å². The Balaban J connectivity index is 1.43. The van der Waals surface area contributed by atoms with E-state index in [-0.39, 0.29) is 23.6 Å². The highest BCUT2D eigenvalue weighted by Crippen LogP contribution is 2.39. The number of hydrogen-bond donors (Lipinski definition) is 1. The lowest BCUT2D eigenvalue weighted by molar-refractivity contribution is -0.139. The molecule has 1 unspecified atom stereocenters. The molecule has 4 rings (SSSR count). The molecule has 0 bridgehead atoms. The molecule has 1 aromatic carbocycles. The Bertz CT molecular complexity index is 903. The van der Waals surface area contributed by atoms with Crippen LogP contribution in [-0.2, 0) is 16.0 Å². The molecule has 1 fully saturated rings. The molecule has 146 valence electrons. The first-order chi connectivity index (χ1) is 13.5. The normalized spacial score (nSPS) is 18.7. The van der Waals surface area contributed by atoms with Gasteiger partial charge in [0.15, 0.2) is 5.13 Å². The molecule has 1 saturated heterocycles. The van der Waals surface area contributed by atoms with E-state index in [2.05, 4.69) is 10.3 Å². The molecule has 1 aliphatic carbocycles. The van der Waals surface area contributed by atoms with Crippen molar-refractivity contribution in [2.45, 2.75) is 25.7 Å². The SMILES string of the molecule is CC(=O)N1CCN(C(=O)C2CCc3sc(NC(=O)c4ccccc4)nc32)CC1. The van der Waals surface area contributed by atoms with Gasteiger partial charge in [-0.3, -0.25) is 19.7 Å². The number of carbonyl (C=O) groups excluding carboxylic acids is 3. The van der Waals surface area contributed by atoms with Crippen LogP contribution in [0.3, 0.4) is 0 Å². The third-order valence-electron chi connectivity index (χ3n) is 5.31. The highest BCUT2D eigenvalue weighted by molar-refractivity contribution is 7.16. The number of piperazine rings is 1.